The van der Waals surface area contributed by atoms with E-state index in [0.717, 1.165) is 0 Å². The Morgan fingerprint density at radius 2 is 1.85 bits per heavy atom. The standard InChI is InChI=1S/C11H17N3O4S2/c12-19(15,16)10-3-1-9(2-4-10)7-14-20(17,18)11-5-6-13-8-11/h1-4,11,13-14H,5-8H2,(H2,12,15,16). The van der Waals surface area contributed by atoms with Crippen LogP contribution in [0.4, 0.5) is 0 Å². The van der Waals surface area contributed by atoms with Crippen LogP contribution >= 0.6 is 0 Å². The molecule has 1 atom stereocenters. The first-order valence-corrected chi connectivity index (χ1v) is 9.19. The fourth-order valence-corrected chi connectivity index (χ4v) is 3.88. The summed E-state index contributed by atoms with van der Waals surface area (Å²) in [4.78, 5) is 0.00380. The molecule has 1 unspecified atom stereocenters. The number of nitrogens with one attached hydrogen (secondary N) is 2. The van der Waals surface area contributed by atoms with Gasteiger partial charge in [-0.05, 0) is 30.7 Å². The Morgan fingerprint density at radius 3 is 2.35 bits per heavy atom. The third-order valence-corrected chi connectivity index (χ3v) is 5.94. The van der Waals surface area contributed by atoms with E-state index >= 15 is 0 Å². The maximum Gasteiger partial charge on any atom is 0.238 e. The van der Waals surface area contributed by atoms with Gasteiger partial charge >= 0.3 is 0 Å². The molecule has 0 aromatic heterocycles. The summed E-state index contributed by atoms with van der Waals surface area (Å²) >= 11 is 0. The van der Waals surface area contributed by atoms with Gasteiger partial charge in [-0.2, -0.15) is 0 Å². The van der Waals surface area contributed by atoms with Crippen molar-refractivity contribution in [1.29, 1.82) is 0 Å². The van der Waals surface area contributed by atoms with Crippen molar-refractivity contribution in [3.8, 4) is 0 Å². The van der Waals surface area contributed by atoms with E-state index in [4.69, 9.17) is 5.14 Å². The first kappa shape index (κ1) is 15.4. The minimum atomic E-state index is -3.72. The Balaban J connectivity index is 2.01. The lowest BCUT2D eigenvalue weighted by Gasteiger charge is -2.12. The van der Waals surface area contributed by atoms with Crippen LogP contribution < -0.4 is 15.2 Å². The molecule has 112 valence electrons. The zero-order valence-electron chi connectivity index (χ0n) is 10.7. The van der Waals surface area contributed by atoms with Gasteiger partial charge in [-0.25, -0.2) is 26.7 Å². The molecule has 1 aliphatic rings. The molecule has 0 radical (unpaired) electrons. The Bertz CT molecular complexity index is 662. The molecule has 2 rings (SSSR count). The number of rotatable bonds is 5. The molecule has 0 spiro atoms. The van der Waals surface area contributed by atoms with Crippen LogP contribution in [0.25, 0.3) is 0 Å². The number of hydrogen-bond acceptors (Lipinski definition) is 5. The zero-order valence-corrected chi connectivity index (χ0v) is 12.4. The zero-order chi connectivity index (χ0) is 14.8. The monoisotopic (exact) mass is 319 g/mol. The van der Waals surface area contributed by atoms with Crippen molar-refractivity contribution in [1.82, 2.24) is 10.0 Å². The minimum absolute atomic E-state index is 0.00380. The average Bonchev–Trinajstić information content (AvgIpc) is 2.90. The molecule has 1 aromatic rings. The van der Waals surface area contributed by atoms with Crippen LogP contribution in [0.5, 0.6) is 0 Å². The van der Waals surface area contributed by atoms with Gasteiger partial charge in [-0.1, -0.05) is 12.1 Å². The molecule has 0 amide bonds. The molecule has 1 fully saturated rings. The van der Waals surface area contributed by atoms with Gasteiger partial charge in [-0.15, -0.1) is 0 Å². The number of hydrogen-bond donors (Lipinski definition) is 3. The van der Waals surface area contributed by atoms with Crippen molar-refractivity contribution in [3.05, 3.63) is 29.8 Å². The fraction of sp³-hybridized carbons (Fsp3) is 0.455. The molecule has 4 N–H and O–H groups in total. The summed E-state index contributed by atoms with van der Waals surface area (Å²) in [6.07, 6.45) is 0.597. The summed E-state index contributed by atoms with van der Waals surface area (Å²) in [5.41, 5.74) is 0.673. The van der Waals surface area contributed by atoms with E-state index in [1.54, 1.807) is 0 Å². The van der Waals surface area contributed by atoms with Crippen LogP contribution in [0, 0.1) is 0 Å². The summed E-state index contributed by atoms with van der Waals surface area (Å²) in [7, 11) is -7.08. The summed E-state index contributed by atoms with van der Waals surface area (Å²) in [6.45, 7) is 1.29. The highest BCUT2D eigenvalue weighted by Crippen LogP contribution is 2.11. The van der Waals surface area contributed by atoms with Crippen molar-refractivity contribution in [2.24, 2.45) is 5.14 Å². The second kappa shape index (κ2) is 5.78. The molecule has 1 heterocycles. The van der Waals surface area contributed by atoms with Gasteiger partial charge in [-0.3, -0.25) is 0 Å². The van der Waals surface area contributed by atoms with Gasteiger partial charge in [0, 0.05) is 13.1 Å². The number of benzene rings is 1. The lowest BCUT2D eigenvalue weighted by molar-refractivity contribution is 0.567. The minimum Gasteiger partial charge on any atom is -0.315 e. The van der Waals surface area contributed by atoms with E-state index < -0.39 is 25.3 Å². The maximum atomic E-state index is 12.0. The predicted molar refractivity (Wildman–Crippen MR) is 74.8 cm³/mol. The predicted octanol–water partition coefficient (Wildman–Crippen LogP) is -0.885. The van der Waals surface area contributed by atoms with Crippen LogP contribution in [-0.2, 0) is 26.6 Å². The SMILES string of the molecule is NS(=O)(=O)c1ccc(CNS(=O)(=O)C2CCNC2)cc1. The molecule has 0 aliphatic carbocycles. The van der Waals surface area contributed by atoms with Crippen molar-refractivity contribution >= 4 is 20.0 Å². The van der Waals surface area contributed by atoms with Gasteiger partial charge in [0.15, 0.2) is 0 Å². The van der Waals surface area contributed by atoms with Crippen molar-refractivity contribution in [2.45, 2.75) is 23.1 Å². The van der Waals surface area contributed by atoms with E-state index in [2.05, 4.69) is 10.0 Å². The summed E-state index contributed by atoms with van der Waals surface area (Å²) in [5.74, 6) is 0. The fourth-order valence-electron chi connectivity index (χ4n) is 1.99. The van der Waals surface area contributed by atoms with Gasteiger partial charge in [0.1, 0.15) is 0 Å². The van der Waals surface area contributed by atoms with E-state index in [0.29, 0.717) is 25.1 Å². The highest BCUT2D eigenvalue weighted by molar-refractivity contribution is 7.90. The molecule has 1 saturated heterocycles. The molecule has 1 aromatic carbocycles. The Kier molecular flexibility index (Phi) is 4.45. The summed E-state index contributed by atoms with van der Waals surface area (Å²) in [6, 6.07) is 5.79. The second-order valence-corrected chi connectivity index (χ2v) is 8.28. The molecule has 0 saturated carbocycles. The lowest BCUT2D eigenvalue weighted by Crippen LogP contribution is -2.35. The van der Waals surface area contributed by atoms with E-state index in [-0.39, 0.29) is 11.4 Å². The van der Waals surface area contributed by atoms with Gasteiger partial charge in [0.25, 0.3) is 0 Å². The van der Waals surface area contributed by atoms with Gasteiger partial charge < -0.3 is 5.32 Å². The smallest absolute Gasteiger partial charge is 0.238 e. The lowest BCUT2D eigenvalue weighted by atomic mass is 10.2. The Morgan fingerprint density at radius 1 is 1.20 bits per heavy atom. The molecule has 7 nitrogen and oxygen atoms in total. The van der Waals surface area contributed by atoms with Gasteiger partial charge in [0.2, 0.25) is 20.0 Å². The average molecular weight is 319 g/mol. The van der Waals surface area contributed by atoms with E-state index in [9.17, 15) is 16.8 Å². The summed E-state index contributed by atoms with van der Waals surface area (Å²) in [5, 5.41) is 7.58. The van der Waals surface area contributed by atoms with Crippen molar-refractivity contribution in [2.75, 3.05) is 13.1 Å². The van der Waals surface area contributed by atoms with Crippen molar-refractivity contribution in [3.63, 3.8) is 0 Å². The van der Waals surface area contributed by atoms with Crippen molar-refractivity contribution < 1.29 is 16.8 Å². The maximum absolute atomic E-state index is 12.0. The van der Waals surface area contributed by atoms with Crippen LogP contribution in [0.3, 0.4) is 0 Å². The largest absolute Gasteiger partial charge is 0.315 e. The van der Waals surface area contributed by atoms with E-state index in [1.165, 1.54) is 24.3 Å². The molecular formula is C11H17N3O4S2. The highest BCUT2D eigenvalue weighted by atomic mass is 32.2. The van der Waals surface area contributed by atoms with Crippen LogP contribution in [0.1, 0.15) is 12.0 Å². The van der Waals surface area contributed by atoms with Crippen LogP contribution in [0.15, 0.2) is 29.2 Å². The molecule has 20 heavy (non-hydrogen) atoms. The molecule has 9 heteroatoms. The number of sulfonamides is 2. The van der Waals surface area contributed by atoms with Crippen LogP contribution in [0.2, 0.25) is 0 Å². The Hall–Kier alpha value is -1.00. The highest BCUT2D eigenvalue weighted by Gasteiger charge is 2.27. The first-order chi connectivity index (χ1) is 9.29. The molecule has 0 bridgehead atoms. The Labute approximate surface area is 118 Å². The topological polar surface area (TPSA) is 118 Å². The summed E-state index contributed by atoms with van der Waals surface area (Å²) < 4.78 is 48.6. The quantitative estimate of drug-likeness (QED) is 0.651. The van der Waals surface area contributed by atoms with Gasteiger partial charge in [0.05, 0.1) is 10.1 Å². The second-order valence-electron chi connectivity index (χ2n) is 4.67. The number of primary sulfonamides is 1. The molecular weight excluding hydrogens is 302 g/mol. The first-order valence-electron chi connectivity index (χ1n) is 6.10. The third-order valence-electron chi connectivity index (χ3n) is 3.18. The molecule has 1 aliphatic heterocycles. The number of nitrogens with two attached hydrogens (primary N) is 1. The normalized spacial score (nSPS) is 20.1. The van der Waals surface area contributed by atoms with E-state index in [1.807, 2.05) is 0 Å². The van der Waals surface area contributed by atoms with Crippen LogP contribution in [-0.4, -0.2) is 35.2 Å². The third kappa shape index (κ3) is 3.76.